The third-order valence-corrected chi connectivity index (χ3v) is 12.1. The molecule has 0 fully saturated rings. The number of hydrogen-bond donors (Lipinski definition) is 21. The fourth-order valence-electron chi connectivity index (χ4n) is 7.31. The number of anilines is 2. The molecule has 80 heavy (non-hydrogen) atoms. The number of aliphatic carboxylic acids is 1. The number of aliphatic hydroxyl groups is 10. The Morgan fingerprint density at radius 1 is 0.613 bits per heavy atom. The van der Waals surface area contributed by atoms with Crippen LogP contribution in [-0.4, -0.2) is 230 Å². The van der Waals surface area contributed by atoms with Crippen LogP contribution in [0.3, 0.4) is 0 Å². The highest BCUT2D eigenvalue weighted by Gasteiger charge is 2.34. The summed E-state index contributed by atoms with van der Waals surface area (Å²) in [6.45, 7) is -1.55. The number of aromatic amines is 1. The van der Waals surface area contributed by atoms with E-state index in [1.807, 2.05) is 0 Å². The molecule has 0 saturated carbocycles. The first kappa shape index (κ1) is 66.7. The van der Waals surface area contributed by atoms with Crippen LogP contribution in [0.25, 0.3) is 11.2 Å². The van der Waals surface area contributed by atoms with Crippen LogP contribution in [-0.2, 0) is 40.1 Å². The Bertz CT molecular complexity index is 2620. The summed E-state index contributed by atoms with van der Waals surface area (Å²) in [5.74, 6) is -7.70. The van der Waals surface area contributed by atoms with Crippen LogP contribution in [0.1, 0.15) is 74.3 Å². The number of nitrogens with two attached hydrogens (primary N) is 1. The van der Waals surface area contributed by atoms with Crippen molar-refractivity contribution in [2.75, 3.05) is 44.4 Å². The number of carbonyl (C=O) groups is 8. The average molecular weight is 1140 g/mol. The summed E-state index contributed by atoms with van der Waals surface area (Å²) in [4.78, 5) is 131. The van der Waals surface area contributed by atoms with Crippen LogP contribution in [0.15, 0.2) is 35.3 Å². The number of likely N-dealkylation sites (N-methyl/N-ethyl adjacent to an activating group) is 1. The first-order valence-electron chi connectivity index (χ1n) is 25.0. The molecule has 0 aliphatic rings. The maximum atomic E-state index is 14.0. The number of aliphatic hydroxyl groups excluding tert-OH is 10. The molecule has 0 radical (unpaired) electrons. The summed E-state index contributed by atoms with van der Waals surface area (Å²) in [6, 6.07) is 0.676. The number of H-pyrrole nitrogens is 1. The van der Waals surface area contributed by atoms with Crippen molar-refractivity contribution >= 4 is 70.1 Å². The zero-order valence-corrected chi connectivity index (χ0v) is 43.5. The monoisotopic (exact) mass is 1140 g/mol. The number of benzene rings is 1. The first-order valence-corrected chi connectivity index (χ1v) is 25.0. The van der Waals surface area contributed by atoms with E-state index in [1.165, 1.54) is 25.4 Å². The average Bonchev–Trinajstić information content (AvgIpc) is 3.44. The quantitative estimate of drug-likeness (QED) is 0.0260. The van der Waals surface area contributed by atoms with Gasteiger partial charge in [-0.15, -0.1) is 0 Å². The zero-order chi connectivity index (χ0) is 59.8. The molecule has 0 aliphatic heterocycles. The SMILES string of the molecule is CNC(=O)[C@H](CCC(=O)NC[C@H](O)[C@@H](O)[C@H](O)[C@H](O)CO)NC(=O)[C@H](CCC(=O)O)NC(=O)[C@H](CCC(=O)NC[C@H](O)[C@@H](O)[C@H](O)[C@H](O)CO)NC(=O)CC[C@@H](C)NC(=O)c1ccc(NCc2cnc3nc(N)[nH]c(=O)c3n2)cc1. The molecule has 444 valence electrons. The van der Waals surface area contributed by atoms with Crippen molar-refractivity contribution in [3.63, 3.8) is 0 Å². The van der Waals surface area contributed by atoms with Gasteiger partial charge in [0.2, 0.25) is 41.4 Å². The van der Waals surface area contributed by atoms with Crippen molar-refractivity contribution in [1.82, 2.24) is 57.2 Å². The molecule has 0 bridgehead atoms. The standard InChI is InChI=1S/C47H71N13O20/c1-21(54-42(76)22-4-6-23(7-5-22)50-15-24-16-53-41-36(55-24)46(80)60-47(48)59-41)3-11-34(69)56-26(9-13-33(68)52-18-29(64)38(73)40(75)31(66)20-62)44(78)58-27(10-14-35(70)71)45(79)57-25(43(77)49-2)8-12-32(67)51-17-28(63)37(72)39(74)30(65)19-61/h4-7,16,21,25-31,37-40,50,61-66,72-75H,3,8-15,17-20H2,1-2H3,(H,49,77)(H,51,67)(H,52,68)(H,54,76)(H,56,69)(H,57,79)(H,58,78)(H,70,71)(H3,48,53,59,60,80)/t21-,25+,26+,27+,28+,29+,30-,31-,37-,38-,39-,40-/m1/s1. The van der Waals surface area contributed by atoms with E-state index in [0.717, 1.165) is 0 Å². The van der Waals surface area contributed by atoms with Crippen LogP contribution in [0, 0.1) is 0 Å². The summed E-state index contributed by atoms with van der Waals surface area (Å²) < 4.78 is 0. The molecule has 22 N–H and O–H groups in total. The number of carboxylic acids is 1. The minimum atomic E-state index is -2.03. The molecule has 0 saturated heterocycles. The fraction of sp³-hybridized carbons (Fsp3) is 0.574. The molecule has 33 nitrogen and oxygen atoms in total. The minimum absolute atomic E-state index is 0.00567. The molecular weight excluding hydrogens is 1070 g/mol. The number of carbonyl (C=O) groups excluding carboxylic acids is 7. The molecule has 0 spiro atoms. The van der Waals surface area contributed by atoms with Gasteiger partial charge in [-0.1, -0.05) is 0 Å². The summed E-state index contributed by atoms with van der Waals surface area (Å²) >= 11 is 0. The van der Waals surface area contributed by atoms with Gasteiger partial charge >= 0.3 is 5.97 Å². The van der Waals surface area contributed by atoms with E-state index in [2.05, 4.69) is 62.5 Å². The third-order valence-electron chi connectivity index (χ3n) is 12.1. The number of carboxylic acid groups (broad SMARTS) is 1. The van der Waals surface area contributed by atoms with E-state index in [4.69, 9.17) is 15.9 Å². The Labute approximate surface area is 455 Å². The zero-order valence-electron chi connectivity index (χ0n) is 43.5. The van der Waals surface area contributed by atoms with E-state index in [9.17, 15) is 89.1 Å². The van der Waals surface area contributed by atoms with E-state index in [0.29, 0.717) is 11.4 Å². The van der Waals surface area contributed by atoms with Crippen molar-refractivity contribution < 1.29 is 94.5 Å². The Balaban J connectivity index is 1.70. The summed E-state index contributed by atoms with van der Waals surface area (Å²) in [6.07, 6.45) is -17.7. The number of nitrogens with zero attached hydrogens (tertiary/aromatic N) is 3. The number of rotatable bonds is 35. The van der Waals surface area contributed by atoms with E-state index in [-0.39, 0.29) is 42.1 Å². The largest absolute Gasteiger partial charge is 0.481 e. The van der Waals surface area contributed by atoms with Crippen LogP contribution in [0.4, 0.5) is 11.6 Å². The summed E-state index contributed by atoms with van der Waals surface area (Å²) in [5.41, 5.74) is 6.28. The van der Waals surface area contributed by atoms with Gasteiger partial charge in [-0.25, -0.2) is 9.97 Å². The maximum absolute atomic E-state index is 14.0. The molecule has 3 rings (SSSR count). The van der Waals surface area contributed by atoms with E-state index < -0.39 is 191 Å². The Hall–Kier alpha value is -7.60. The predicted molar refractivity (Wildman–Crippen MR) is 276 cm³/mol. The maximum Gasteiger partial charge on any atom is 0.303 e. The molecule has 0 unspecified atom stereocenters. The van der Waals surface area contributed by atoms with Crippen molar-refractivity contribution in [3.8, 4) is 0 Å². The second-order valence-electron chi connectivity index (χ2n) is 18.4. The highest BCUT2D eigenvalue weighted by atomic mass is 16.4. The van der Waals surface area contributed by atoms with Gasteiger partial charge in [-0.2, -0.15) is 4.98 Å². The normalized spacial score (nSPS) is 15.8. The van der Waals surface area contributed by atoms with Crippen molar-refractivity contribution in [2.45, 2.75) is 138 Å². The molecule has 12 atom stereocenters. The lowest BCUT2D eigenvalue weighted by Gasteiger charge is -2.26. The van der Waals surface area contributed by atoms with Gasteiger partial charge < -0.3 is 104 Å². The van der Waals surface area contributed by atoms with Crippen LogP contribution >= 0.6 is 0 Å². The number of hydrogen-bond acceptors (Lipinski definition) is 24. The van der Waals surface area contributed by atoms with Crippen molar-refractivity contribution in [2.24, 2.45) is 0 Å². The molecule has 33 heteroatoms. The third kappa shape index (κ3) is 21.9. The lowest BCUT2D eigenvalue weighted by molar-refractivity contribution is -0.138. The van der Waals surface area contributed by atoms with Gasteiger partial charge in [0.1, 0.15) is 54.7 Å². The Morgan fingerprint density at radius 3 is 1.59 bits per heavy atom. The first-order chi connectivity index (χ1) is 37.8. The van der Waals surface area contributed by atoms with Gasteiger partial charge in [0, 0.05) is 63.1 Å². The highest BCUT2D eigenvalue weighted by Crippen LogP contribution is 2.14. The lowest BCUT2D eigenvalue weighted by Crippen LogP contribution is -2.57. The van der Waals surface area contributed by atoms with Gasteiger partial charge in [0.15, 0.2) is 11.2 Å². The lowest BCUT2D eigenvalue weighted by atomic mass is 10.0. The highest BCUT2D eigenvalue weighted by molar-refractivity contribution is 5.96. The summed E-state index contributed by atoms with van der Waals surface area (Å²) in [5, 5.41) is 127. The predicted octanol–water partition coefficient (Wildman–Crippen LogP) is -8.46. The smallest absolute Gasteiger partial charge is 0.303 e. The summed E-state index contributed by atoms with van der Waals surface area (Å²) in [7, 11) is 1.19. The van der Waals surface area contributed by atoms with Gasteiger partial charge in [0.25, 0.3) is 11.5 Å². The van der Waals surface area contributed by atoms with Crippen LogP contribution in [0.5, 0.6) is 0 Å². The van der Waals surface area contributed by atoms with Crippen LogP contribution < -0.4 is 53.8 Å². The molecule has 2 heterocycles. The number of nitrogen functional groups attached to an aromatic ring is 1. The van der Waals surface area contributed by atoms with Gasteiger partial charge in [-0.3, -0.25) is 48.1 Å². The van der Waals surface area contributed by atoms with Crippen LogP contribution in [0.2, 0.25) is 0 Å². The van der Waals surface area contributed by atoms with Crippen molar-refractivity contribution in [3.05, 3.63) is 52.1 Å². The molecular formula is C47H71N13O20. The second kappa shape index (κ2) is 33.1. The number of nitrogens with one attached hydrogen (secondary N) is 9. The molecule has 1 aromatic carbocycles. The second-order valence-corrected chi connectivity index (χ2v) is 18.4. The van der Waals surface area contributed by atoms with E-state index in [1.54, 1.807) is 19.1 Å². The topological polar surface area (TPSA) is 553 Å². The minimum Gasteiger partial charge on any atom is -0.481 e. The van der Waals surface area contributed by atoms with E-state index >= 15 is 0 Å². The number of aromatic nitrogens is 4. The Morgan fingerprint density at radius 2 is 1.09 bits per heavy atom. The molecule has 2 aromatic heterocycles. The molecule has 3 aromatic rings. The number of fused-ring (bicyclic) bond motifs is 1. The number of amides is 7. The molecule has 7 amide bonds. The molecule has 0 aliphatic carbocycles. The van der Waals surface area contributed by atoms with Gasteiger partial charge in [0.05, 0.1) is 43.9 Å². The fourth-order valence-corrected chi connectivity index (χ4v) is 7.31. The Kier molecular flexibility index (Phi) is 27.6. The van der Waals surface area contributed by atoms with Gasteiger partial charge in [-0.05, 0) is 56.9 Å². The van der Waals surface area contributed by atoms with Crippen molar-refractivity contribution in [1.29, 1.82) is 0 Å².